The van der Waals surface area contributed by atoms with Crippen LogP contribution < -0.4 is 0 Å². The number of rotatable bonds is 4. The first-order valence-corrected chi connectivity index (χ1v) is 9.91. The molecule has 2 atom stereocenters. The number of carbonyl (C=O) groups excluding carboxylic acids is 2. The number of ether oxygens (including phenoxy) is 1. The van der Waals surface area contributed by atoms with Gasteiger partial charge in [0.15, 0.2) is 0 Å². The molecule has 27 heavy (non-hydrogen) atoms. The maximum Gasteiger partial charge on any atom is 0.246 e. The fourth-order valence-electron chi connectivity index (χ4n) is 4.45. The maximum atomic E-state index is 12.6. The molecular weight excluding hydrogens is 342 g/mol. The van der Waals surface area contributed by atoms with E-state index in [-0.39, 0.29) is 11.8 Å². The Morgan fingerprint density at radius 1 is 1.11 bits per heavy atom. The third kappa shape index (κ3) is 4.38. The third-order valence-corrected chi connectivity index (χ3v) is 6.06. The van der Waals surface area contributed by atoms with Crippen LogP contribution in [0.25, 0.3) is 6.08 Å². The van der Waals surface area contributed by atoms with Gasteiger partial charge in [-0.15, -0.1) is 0 Å². The zero-order valence-corrected chi connectivity index (χ0v) is 15.6. The Hall–Kier alpha value is -2.21. The number of fused-ring (bicyclic) bond motifs is 1. The van der Waals surface area contributed by atoms with Gasteiger partial charge in [0, 0.05) is 76.1 Å². The van der Waals surface area contributed by atoms with Crippen LogP contribution in [0, 0.1) is 17.8 Å². The molecule has 3 aliphatic heterocycles. The maximum absolute atomic E-state index is 12.6. The summed E-state index contributed by atoms with van der Waals surface area (Å²) in [6, 6.07) is 3.79. The van der Waals surface area contributed by atoms with E-state index in [1.165, 1.54) is 0 Å². The molecule has 0 aliphatic carbocycles. The van der Waals surface area contributed by atoms with Crippen molar-refractivity contribution in [2.24, 2.45) is 17.8 Å². The van der Waals surface area contributed by atoms with Gasteiger partial charge in [-0.3, -0.25) is 14.6 Å². The van der Waals surface area contributed by atoms with Gasteiger partial charge < -0.3 is 14.5 Å². The van der Waals surface area contributed by atoms with Gasteiger partial charge >= 0.3 is 0 Å². The van der Waals surface area contributed by atoms with Crippen molar-refractivity contribution in [2.75, 3.05) is 39.4 Å². The van der Waals surface area contributed by atoms with E-state index < -0.39 is 0 Å². The zero-order valence-electron chi connectivity index (χ0n) is 15.6. The summed E-state index contributed by atoms with van der Waals surface area (Å²) >= 11 is 0. The molecule has 0 spiro atoms. The molecule has 0 N–H and O–H groups in total. The Morgan fingerprint density at radius 2 is 1.81 bits per heavy atom. The van der Waals surface area contributed by atoms with E-state index in [9.17, 15) is 9.59 Å². The Kier molecular flexibility index (Phi) is 5.53. The molecule has 4 rings (SSSR count). The number of pyridine rings is 1. The standard InChI is InChI=1S/C21H27N3O3/c25-20(4-3-17-2-1-7-22-11-17)23-12-18-14-24(15-19(18)13-23)21(26)10-16-5-8-27-9-6-16/h1-4,7,11,16,18-19H,5-6,8-10,12-15H2/b4-3+/t18-,19-/m0/s1. The molecule has 0 saturated carbocycles. The Labute approximate surface area is 160 Å². The highest BCUT2D eigenvalue weighted by Crippen LogP contribution is 2.32. The highest BCUT2D eigenvalue weighted by Gasteiger charge is 2.42. The van der Waals surface area contributed by atoms with Crippen LogP contribution in [0.2, 0.25) is 0 Å². The normalized spacial score (nSPS) is 25.9. The predicted octanol–water partition coefficient (Wildman–Crippen LogP) is 1.83. The molecule has 6 heteroatoms. The largest absolute Gasteiger partial charge is 0.381 e. The van der Waals surface area contributed by atoms with E-state index in [0.717, 1.165) is 57.8 Å². The summed E-state index contributed by atoms with van der Waals surface area (Å²) in [5, 5.41) is 0. The molecular formula is C21H27N3O3. The van der Waals surface area contributed by atoms with Crippen molar-refractivity contribution >= 4 is 17.9 Å². The Bertz CT molecular complexity index is 686. The van der Waals surface area contributed by atoms with Crippen LogP contribution in [0.1, 0.15) is 24.8 Å². The Balaban J connectivity index is 1.26. The van der Waals surface area contributed by atoms with Gasteiger partial charge in [0.25, 0.3) is 0 Å². The van der Waals surface area contributed by atoms with Gasteiger partial charge in [-0.05, 0) is 36.5 Å². The minimum Gasteiger partial charge on any atom is -0.381 e. The molecule has 3 aliphatic rings. The number of carbonyl (C=O) groups is 2. The van der Waals surface area contributed by atoms with Gasteiger partial charge in [0.1, 0.15) is 0 Å². The summed E-state index contributed by atoms with van der Waals surface area (Å²) in [7, 11) is 0. The molecule has 3 fully saturated rings. The lowest BCUT2D eigenvalue weighted by atomic mass is 9.96. The summed E-state index contributed by atoms with van der Waals surface area (Å²) in [5.74, 6) is 1.64. The van der Waals surface area contributed by atoms with Gasteiger partial charge in [-0.2, -0.15) is 0 Å². The number of amides is 2. The molecule has 3 saturated heterocycles. The minimum atomic E-state index is 0.0494. The first-order valence-electron chi connectivity index (χ1n) is 9.91. The third-order valence-electron chi connectivity index (χ3n) is 6.06. The number of likely N-dealkylation sites (tertiary alicyclic amines) is 2. The van der Waals surface area contributed by atoms with Crippen LogP contribution in [0.4, 0.5) is 0 Å². The topological polar surface area (TPSA) is 62.7 Å². The summed E-state index contributed by atoms with van der Waals surface area (Å²) in [5.41, 5.74) is 0.926. The molecule has 1 aromatic heterocycles. The van der Waals surface area contributed by atoms with E-state index in [1.54, 1.807) is 18.5 Å². The fourth-order valence-corrected chi connectivity index (χ4v) is 4.45. The number of aromatic nitrogens is 1. The summed E-state index contributed by atoms with van der Waals surface area (Å²) in [4.78, 5) is 33.1. The van der Waals surface area contributed by atoms with Crippen molar-refractivity contribution in [3.63, 3.8) is 0 Å². The van der Waals surface area contributed by atoms with Crippen molar-refractivity contribution < 1.29 is 14.3 Å². The van der Waals surface area contributed by atoms with Crippen LogP contribution >= 0.6 is 0 Å². The molecule has 0 bridgehead atoms. The quantitative estimate of drug-likeness (QED) is 0.760. The van der Waals surface area contributed by atoms with Gasteiger partial charge in [0.2, 0.25) is 11.8 Å². The minimum absolute atomic E-state index is 0.0494. The van der Waals surface area contributed by atoms with E-state index in [2.05, 4.69) is 4.98 Å². The molecule has 144 valence electrons. The van der Waals surface area contributed by atoms with Gasteiger partial charge in [-0.1, -0.05) is 6.07 Å². The van der Waals surface area contributed by atoms with Crippen LogP contribution in [0.3, 0.4) is 0 Å². The predicted molar refractivity (Wildman–Crippen MR) is 102 cm³/mol. The lowest BCUT2D eigenvalue weighted by Gasteiger charge is -2.25. The number of nitrogens with zero attached hydrogens (tertiary/aromatic N) is 3. The van der Waals surface area contributed by atoms with Crippen LogP contribution in [0.15, 0.2) is 30.6 Å². The van der Waals surface area contributed by atoms with Crippen molar-refractivity contribution in [3.8, 4) is 0 Å². The van der Waals surface area contributed by atoms with E-state index >= 15 is 0 Å². The average Bonchev–Trinajstić information content (AvgIpc) is 3.27. The summed E-state index contributed by atoms with van der Waals surface area (Å²) < 4.78 is 5.38. The molecule has 4 heterocycles. The highest BCUT2D eigenvalue weighted by molar-refractivity contribution is 5.92. The monoisotopic (exact) mass is 369 g/mol. The SMILES string of the molecule is O=C(/C=C/c1cccnc1)N1C[C@H]2CN(C(=O)CC3CCOCC3)C[C@@H]2C1. The Morgan fingerprint density at radius 3 is 2.48 bits per heavy atom. The van der Waals surface area contributed by atoms with E-state index in [0.29, 0.717) is 24.2 Å². The van der Waals surface area contributed by atoms with E-state index in [4.69, 9.17) is 4.74 Å². The smallest absolute Gasteiger partial charge is 0.246 e. The average molecular weight is 369 g/mol. The van der Waals surface area contributed by atoms with E-state index in [1.807, 2.05) is 28.0 Å². The van der Waals surface area contributed by atoms with Crippen molar-refractivity contribution in [1.82, 2.24) is 14.8 Å². The number of hydrogen-bond acceptors (Lipinski definition) is 4. The van der Waals surface area contributed by atoms with Crippen molar-refractivity contribution in [2.45, 2.75) is 19.3 Å². The van der Waals surface area contributed by atoms with Crippen molar-refractivity contribution in [3.05, 3.63) is 36.2 Å². The molecule has 0 aromatic carbocycles. The van der Waals surface area contributed by atoms with Crippen LogP contribution in [-0.2, 0) is 14.3 Å². The van der Waals surface area contributed by atoms with Gasteiger partial charge in [-0.25, -0.2) is 0 Å². The summed E-state index contributed by atoms with van der Waals surface area (Å²) in [6.07, 6.45) is 9.55. The number of hydrogen-bond donors (Lipinski definition) is 0. The second-order valence-electron chi connectivity index (χ2n) is 7.94. The molecule has 0 unspecified atom stereocenters. The molecule has 1 aromatic rings. The van der Waals surface area contributed by atoms with Gasteiger partial charge in [0.05, 0.1) is 0 Å². The lowest BCUT2D eigenvalue weighted by Crippen LogP contribution is -2.36. The molecule has 0 radical (unpaired) electrons. The highest BCUT2D eigenvalue weighted by atomic mass is 16.5. The van der Waals surface area contributed by atoms with Crippen molar-refractivity contribution in [1.29, 1.82) is 0 Å². The zero-order chi connectivity index (χ0) is 18.6. The second kappa shape index (κ2) is 8.21. The summed E-state index contributed by atoms with van der Waals surface area (Å²) in [6.45, 7) is 4.66. The first kappa shape index (κ1) is 18.2. The fraction of sp³-hybridized carbons (Fsp3) is 0.571. The molecule has 2 amide bonds. The second-order valence-corrected chi connectivity index (χ2v) is 7.94. The van der Waals surface area contributed by atoms with Crippen LogP contribution in [0.5, 0.6) is 0 Å². The lowest BCUT2D eigenvalue weighted by molar-refractivity contribution is -0.132. The first-order chi connectivity index (χ1) is 13.2. The van der Waals surface area contributed by atoms with Crippen LogP contribution in [-0.4, -0.2) is 66.0 Å². The molecule has 6 nitrogen and oxygen atoms in total.